The Hall–Kier alpha value is -2.99. The molecule has 0 saturated carbocycles. The van der Waals surface area contributed by atoms with Crippen LogP contribution in [0.3, 0.4) is 0 Å². The summed E-state index contributed by atoms with van der Waals surface area (Å²) in [5.41, 5.74) is 6.73. The van der Waals surface area contributed by atoms with Gasteiger partial charge in [0, 0.05) is 22.7 Å². The number of nitrogens with zero attached hydrogens (tertiary/aromatic N) is 1. The molecule has 3 rings (SSSR count). The first-order valence-electron chi connectivity index (χ1n) is 11.0. The van der Waals surface area contributed by atoms with Gasteiger partial charge in [0.15, 0.2) is 0 Å². The number of benzene rings is 2. The van der Waals surface area contributed by atoms with Crippen LogP contribution in [-0.4, -0.2) is 34.9 Å². The Bertz CT molecular complexity index is 965. The number of aromatic nitrogens is 1. The Morgan fingerprint density at radius 2 is 1.71 bits per heavy atom. The fourth-order valence-electron chi connectivity index (χ4n) is 3.51. The van der Waals surface area contributed by atoms with Crippen LogP contribution in [0.15, 0.2) is 54.7 Å². The minimum absolute atomic E-state index is 0.177. The van der Waals surface area contributed by atoms with Crippen LogP contribution in [0.2, 0.25) is 0 Å². The number of rotatable bonds is 13. The molecule has 0 aliphatic carbocycles. The molecule has 3 aromatic rings. The van der Waals surface area contributed by atoms with Gasteiger partial charge in [0.25, 0.3) is 0 Å². The summed E-state index contributed by atoms with van der Waals surface area (Å²) in [5, 5.41) is 11.3. The molecule has 0 spiro atoms. The number of aliphatic hydroxyl groups is 1. The smallest absolute Gasteiger partial charge is 0.248 e. The third-order valence-corrected chi connectivity index (χ3v) is 5.25. The van der Waals surface area contributed by atoms with Crippen molar-refractivity contribution in [1.29, 1.82) is 0 Å². The molecule has 166 valence electrons. The van der Waals surface area contributed by atoms with E-state index in [1.165, 1.54) is 25.7 Å². The fraction of sp³-hybridized carbons (Fsp3) is 0.400. The third kappa shape index (κ3) is 6.76. The average molecular weight is 425 g/mol. The summed E-state index contributed by atoms with van der Waals surface area (Å²) in [6, 6.07) is 14.7. The van der Waals surface area contributed by atoms with Crippen molar-refractivity contribution in [3.05, 3.63) is 60.3 Å². The lowest BCUT2D eigenvalue weighted by molar-refractivity contribution is 0.0935. The first kappa shape index (κ1) is 22.7. The van der Waals surface area contributed by atoms with Crippen LogP contribution in [0.5, 0.6) is 11.5 Å². The summed E-state index contributed by atoms with van der Waals surface area (Å²) in [7, 11) is 0. The summed E-state index contributed by atoms with van der Waals surface area (Å²) < 4.78 is 13.4. The lowest BCUT2D eigenvalue weighted by Gasteiger charge is -2.14. The van der Waals surface area contributed by atoms with Crippen LogP contribution in [0.25, 0.3) is 10.9 Å². The molecule has 0 saturated heterocycles. The van der Waals surface area contributed by atoms with Crippen LogP contribution in [-0.2, 0) is 6.54 Å². The van der Waals surface area contributed by atoms with E-state index in [-0.39, 0.29) is 6.61 Å². The van der Waals surface area contributed by atoms with Crippen LogP contribution < -0.4 is 15.2 Å². The molecule has 6 heteroatoms. The molecule has 6 nitrogen and oxygen atoms in total. The number of unbranched alkanes of at least 4 members (excludes halogenated alkanes) is 4. The number of carbonyl (C=O) groups excluding carboxylic acids is 1. The van der Waals surface area contributed by atoms with Gasteiger partial charge >= 0.3 is 0 Å². The zero-order valence-corrected chi connectivity index (χ0v) is 18.1. The van der Waals surface area contributed by atoms with Crippen molar-refractivity contribution in [3.63, 3.8) is 0 Å². The number of aliphatic hydroxyl groups excluding tert-OH is 1. The predicted molar refractivity (Wildman–Crippen MR) is 123 cm³/mol. The van der Waals surface area contributed by atoms with E-state index in [1.807, 2.05) is 47.2 Å². The number of hydrogen-bond acceptors (Lipinski definition) is 4. The van der Waals surface area contributed by atoms with E-state index in [0.29, 0.717) is 17.9 Å². The van der Waals surface area contributed by atoms with E-state index >= 15 is 0 Å². The molecular weight excluding hydrogens is 392 g/mol. The summed E-state index contributed by atoms with van der Waals surface area (Å²) in [6.45, 7) is 3.51. The molecule has 0 radical (unpaired) electrons. The maximum Gasteiger partial charge on any atom is 0.248 e. The zero-order chi connectivity index (χ0) is 22.1. The van der Waals surface area contributed by atoms with Crippen molar-refractivity contribution in [2.24, 2.45) is 5.73 Å². The van der Waals surface area contributed by atoms with Crippen LogP contribution >= 0.6 is 0 Å². The molecule has 1 amide bonds. The van der Waals surface area contributed by atoms with Crippen molar-refractivity contribution in [3.8, 4) is 11.5 Å². The Kier molecular flexibility index (Phi) is 8.35. The standard InChI is InChI=1S/C25H32N2O4/c1-2-3-4-5-6-15-30-22-8-10-23(11-9-22)31-18-21(28)17-27-14-13-19-16-20(25(26)29)7-12-24(19)27/h7-14,16,21,28H,2-6,15,17-18H2,1H3,(H2,26,29). The van der Waals surface area contributed by atoms with Gasteiger partial charge in [-0.25, -0.2) is 0 Å². The van der Waals surface area contributed by atoms with E-state index in [4.69, 9.17) is 15.2 Å². The lowest BCUT2D eigenvalue weighted by atomic mass is 10.1. The van der Waals surface area contributed by atoms with Crippen molar-refractivity contribution in [2.45, 2.75) is 51.7 Å². The summed E-state index contributed by atoms with van der Waals surface area (Å²) in [6.07, 6.45) is 7.28. The van der Waals surface area contributed by atoms with E-state index in [0.717, 1.165) is 29.7 Å². The molecule has 31 heavy (non-hydrogen) atoms. The number of amides is 1. The second-order valence-corrected chi connectivity index (χ2v) is 7.80. The molecular formula is C25H32N2O4. The predicted octanol–water partition coefficient (Wildman–Crippen LogP) is 4.53. The van der Waals surface area contributed by atoms with Gasteiger partial charge in [-0.2, -0.15) is 0 Å². The molecule has 1 unspecified atom stereocenters. The number of carbonyl (C=O) groups is 1. The second kappa shape index (κ2) is 11.4. The highest BCUT2D eigenvalue weighted by Gasteiger charge is 2.10. The van der Waals surface area contributed by atoms with Gasteiger partial charge < -0.3 is 24.9 Å². The number of nitrogens with two attached hydrogens (primary N) is 1. The Labute approximate surface area is 183 Å². The van der Waals surface area contributed by atoms with E-state index in [9.17, 15) is 9.90 Å². The molecule has 0 aliphatic rings. The quantitative estimate of drug-likeness (QED) is 0.395. The first-order valence-corrected chi connectivity index (χ1v) is 11.0. The van der Waals surface area contributed by atoms with Crippen LogP contribution in [0.1, 0.15) is 49.4 Å². The maximum absolute atomic E-state index is 11.3. The van der Waals surface area contributed by atoms with Crippen molar-refractivity contribution >= 4 is 16.8 Å². The highest BCUT2D eigenvalue weighted by Crippen LogP contribution is 2.20. The largest absolute Gasteiger partial charge is 0.494 e. The maximum atomic E-state index is 11.3. The van der Waals surface area contributed by atoms with Gasteiger partial charge in [-0.3, -0.25) is 4.79 Å². The molecule has 2 aromatic carbocycles. The van der Waals surface area contributed by atoms with E-state index < -0.39 is 12.0 Å². The normalized spacial score (nSPS) is 12.1. The van der Waals surface area contributed by atoms with Gasteiger partial charge in [0.2, 0.25) is 5.91 Å². The van der Waals surface area contributed by atoms with Gasteiger partial charge in [0.1, 0.15) is 24.2 Å². The van der Waals surface area contributed by atoms with Gasteiger partial charge in [-0.05, 0) is 55.0 Å². The lowest BCUT2D eigenvalue weighted by Crippen LogP contribution is -2.23. The molecule has 0 bridgehead atoms. The number of primary amides is 1. The minimum atomic E-state index is -0.675. The minimum Gasteiger partial charge on any atom is -0.494 e. The highest BCUT2D eigenvalue weighted by atomic mass is 16.5. The molecule has 0 aliphatic heterocycles. The Balaban J connectivity index is 1.44. The highest BCUT2D eigenvalue weighted by molar-refractivity contribution is 5.97. The van der Waals surface area contributed by atoms with Gasteiger partial charge in [-0.15, -0.1) is 0 Å². The summed E-state index contributed by atoms with van der Waals surface area (Å²) >= 11 is 0. The summed E-state index contributed by atoms with van der Waals surface area (Å²) in [5.74, 6) is 1.07. The third-order valence-electron chi connectivity index (χ3n) is 5.25. The van der Waals surface area contributed by atoms with Crippen LogP contribution in [0.4, 0.5) is 0 Å². The van der Waals surface area contributed by atoms with E-state index in [1.54, 1.807) is 12.1 Å². The Morgan fingerprint density at radius 3 is 2.42 bits per heavy atom. The Morgan fingerprint density at radius 1 is 1.00 bits per heavy atom. The molecule has 3 N–H and O–H groups in total. The second-order valence-electron chi connectivity index (χ2n) is 7.80. The van der Waals surface area contributed by atoms with Crippen LogP contribution in [0, 0.1) is 0 Å². The van der Waals surface area contributed by atoms with Crippen molar-refractivity contribution in [2.75, 3.05) is 13.2 Å². The first-order chi connectivity index (χ1) is 15.1. The molecule has 1 aromatic heterocycles. The number of ether oxygens (including phenoxy) is 2. The zero-order valence-electron chi connectivity index (χ0n) is 18.1. The molecule has 1 heterocycles. The topological polar surface area (TPSA) is 86.7 Å². The van der Waals surface area contributed by atoms with Crippen molar-refractivity contribution < 1.29 is 19.4 Å². The molecule has 0 fully saturated rings. The van der Waals surface area contributed by atoms with Crippen molar-refractivity contribution in [1.82, 2.24) is 4.57 Å². The number of hydrogen-bond donors (Lipinski definition) is 2. The van der Waals surface area contributed by atoms with Gasteiger partial charge in [0.05, 0.1) is 13.2 Å². The SMILES string of the molecule is CCCCCCCOc1ccc(OCC(O)Cn2ccc3cc(C(N)=O)ccc32)cc1. The van der Waals surface area contributed by atoms with Gasteiger partial charge in [-0.1, -0.05) is 32.6 Å². The monoisotopic (exact) mass is 424 g/mol. The fourth-order valence-corrected chi connectivity index (χ4v) is 3.51. The average Bonchev–Trinajstić information content (AvgIpc) is 3.17. The summed E-state index contributed by atoms with van der Waals surface area (Å²) in [4.78, 5) is 11.3. The number of fused-ring (bicyclic) bond motifs is 1. The van der Waals surface area contributed by atoms with E-state index in [2.05, 4.69) is 6.92 Å². The molecule has 1 atom stereocenters.